The van der Waals surface area contributed by atoms with Gasteiger partial charge in [0.2, 0.25) is 5.91 Å². The Labute approximate surface area is 126 Å². The van der Waals surface area contributed by atoms with E-state index in [1.165, 1.54) is 0 Å². The lowest BCUT2D eigenvalue weighted by molar-refractivity contribution is -0.116. The van der Waals surface area contributed by atoms with Gasteiger partial charge in [0.15, 0.2) is 0 Å². The van der Waals surface area contributed by atoms with Crippen LogP contribution in [0.15, 0.2) is 16.6 Å². The Morgan fingerprint density at radius 1 is 1.50 bits per heavy atom. The largest absolute Gasteiger partial charge is 0.393 e. The van der Waals surface area contributed by atoms with Crippen LogP contribution in [-0.2, 0) is 4.79 Å². The third-order valence-electron chi connectivity index (χ3n) is 4.20. The van der Waals surface area contributed by atoms with Gasteiger partial charge in [-0.15, -0.1) is 0 Å². The molecule has 3 unspecified atom stereocenters. The second kappa shape index (κ2) is 5.02. The monoisotopic (exact) mass is 339 g/mol. The van der Waals surface area contributed by atoms with E-state index in [9.17, 15) is 9.90 Å². The van der Waals surface area contributed by atoms with Crippen LogP contribution in [0.2, 0.25) is 0 Å². The Morgan fingerprint density at radius 2 is 2.25 bits per heavy atom. The molecule has 3 rings (SSSR count). The van der Waals surface area contributed by atoms with E-state index in [4.69, 9.17) is 5.73 Å². The molecule has 6 heteroatoms. The first-order valence-electron chi connectivity index (χ1n) is 6.80. The third-order valence-corrected chi connectivity index (χ3v) is 4.83. The molecule has 20 heavy (non-hydrogen) atoms. The van der Waals surface area contributed by atoms with Crippen molar-refractivity contribution in [1.29, 1.82) is 0 Å². The lowest BCUT2D eigenvalue weighted by Gasteiger charge is -2.36. The topological polar surface area (TPSA) is 78.6 Å². The van der Waals surface area contributed by atoms with Crippen LogP contribution in [0.3, 0.4) is 0 Å². The van der Waals surface area contributed by atoms with Crippen LogP contribution in [0.25, 0.3) is 0 Å². The normalized spacial score (nSPS) is 29.3. The number of benzene rings is 1. The number of amides is 1. The van der Waals surface area contributed by atoms with E-state index in [0.717, 1.165) is 40.9 Å². The van der Waals surface area contributed by atoms with E-state index in [1.807, 2.05) is 12.1 Å². The lowest BCUT2D eigenvalue weighted by atomic mass is 9.96. The zero-order valence-corrected chi connectivity index (χ0v) is 12.9. The molecule has 3 atom stereocenters. The molecule has 5 nitrogen and oxygen atoms in total. The second-order valence-electron chi connectivity index (χ2n) is 5.64. The predicted octanol–water partition coefficient (Wildman–Crippen LogP) is 1.61. The van der Waals surface area contributed by atoms with Gasteiger partial charge in [0.25, 0.3) is 0 Å². The van der Waals surface area contributed by atoms with E-state index in [2.05, 4.69) is 33.1 Å². The second-order valence-corrected chi connectivity index (χ2v) is 6.49. The van der Waals surface area contributed by atoms with Crippen LogP contribution < -0.4 is 16.0 Å². The molecule has 0 saturated carbocycles. The maximum absolute atomic E-state index is 11.6. The molecule has 1 aromatic carbocycles. The number of anilines is 2. The van der Waals surface area contributed by atoms with Crippen LogP contribution in [0.5, 0.6) is 0 Å². The molecule has 1 saturated heterocycles. The minimum Gasteiger partial charge on any atom is -0.393 e. The quantitative estimate of drug-likeness (QED) is 0.726. The van der Waals surface area contributed by atoms with Crippen molar-refractivity contribution in [1.82, 2.24) is 0 Å². The highest BCUT2D eigenvalue weighted by molar-refractivity contribution is 9.10. The highest BCUT2D eigenvalue weighted by atomic mass is 79.9. The summed E-state index contributed by atoms with van der Waals surface area (Å²) in [6, 6.07) is 3.30. The Hall–Kier alpha value is -1.11. The number of piperidine rings is 1. The van der Waals surface area contributed by atoms with Crippen molar-refractivity contribution >= 4 is 33.2 Å². The molecule has 0 radical (unpaired) electrons. The van der Waals surface area contributed by atoms with E-state index in [1.54, 1.807) is 0 Å². The number of carbonyl (C=O) groups excluding carboxylic acids is 1. The molecule has 1 fully saturated rings. The molecular weight excluding hydrogens is 322 g/mol. The first-order valence-corrected chi connectivity index (χ1v) is 7.59. The molecule has 0 spiro atoms. The Morgan fingerprint density at radius 3 is 2.95 bits per heavy atom. The number of aliphatic hydroxyl groups is 1. The van der Waals surface area contributed by atoms with Crippen LogP contribution in [0, 0.1) is 5.92 Å². The average Bonchev–Trinajstić information content (AvgIpc) is 2.68. The molecule has 4 N–H and O–H groups in total. The van der Waals surface area contributed by atoms with Gasteiger partial charge in [-0.05, 0) is 40.4 Å². The molecule has 0 bridgehead atoms. The number of rotatable bonds is 1. The number of nitrogens with two attached hydrogens (primary N) is 1. The van der Waals surface area contributed by atoms with E-state index < -0.39 is 6.04 Å². The van der Waals surface area contributed by atoms with Crippen molar-refractivity contribution in [2.45, 2.75) is 25.5 Å². The number of halogens is 1. The third kappa shape index (κ3) is 2.21. The highest BCUT2D eigenvalue weighted by Crippen LogP contribution is 2.39. The summed E-state index contributed by atoms with van der Waals surface area (Å²) in [6.45, 7) is 3.66. The summed E-state index contributed by atoms with van der Waals surface area (Å²) < 4.78 is 0.937. The standard InChI is InChI=1S/C14H18BrN3O2/c1-7-6-18(3-2-12(7)19)11-5-10-8(4-9(11)15)13(16)14(20)17-10/h4-5,7,12-13,19H,2-3,6,16H2,1H3,(H,17,20). The Kier molecular flexibility index (Phi) is 3.48. The van der Waals surface area contributed by atoms with Crippen molar-refractivity contribution in [3.05, 3.63) is 22.2 Å². The van der Waals surface area contributed by atoms with Gasteiger partial charge in [-0.1, -0.05) is 6.92 Å². The SMILES string of the molecule is CC1CN(c2cc3c(cc2Br)C(N)C(=O)N3)CCC1O. The lowest BCUT2D eigenvalue weighted by Crippen LogP contribution is -2.42. The fraction of sp³-hybridized carbons (Fsp3) is 0.500. The van der Waals surface area contributed by atoms with E-state index >= 15 is 0 Å². The molecule has 2 aliphatic heterocycles. The van der Waals surface area contributed by atoms with Crippen molar-refractivity contribution in [3.63, 3.8) is 0 Å². The number of fused-ring (bicyclic) bond motifs is 1. The van der Waals surface area contributed by atoms with Gasteiger partial charge in [-0.3, -0.25) is 4.79 Å². The molecule has 108 valence electrons. The van der Waals surface area contributed by atoms with Gasteiger partial charge in [0, 0.05) is 28.8 Å². The summed E-state index contributed by atoms with van der Waals surface area (Å²) in [7, 11) is 0. The number of nitrogens with zero attached hydrogens (tertiary/aromatic N) is 1. The molecular formula is C14H18BrN3O2. The summed E-state index contributed by atoms with van der Waals surface area (Å²) in [6.07, 6.45) is 0.531. The summed E-state index contributed by atoms with van der Waals surface area (Å²) in [5, 5.41) is 12.6. The van der Waals surface area contributed by atoms with Gasteiger partial charge in [-0.2, -0.15) is 0 Å². The van der Waals surface area contributed by atoms with Crippen molar-refractivity contribution in [2.75, 3.05) is 23.3 Å². The molecule has 0 aliphatic carbocycles. The molecule has 2 aliphatic rings. The predicted molar refractivity (Wildman–Crippen MR) is 81.7 cm³/mol. The summed E-state index contributed by atoms with van der Waals surface area (Å²) in [5.74, 6) is 0.0761. The number of aliphatic hydroxyl groups excluding tert-OH is 1. The van der Waals surface area contributed by atoms with Crippen molar-refractivity contribution in [2.24, 2.45) is 11.7 Å². The van der Waals surface area contributed by atoms with Crippen LogP contribution in [-0.4, -0.2) is 30.2 Å². The van der Waals surface area contributed by atoms with Crippen LogP contribution >= 0.6 is 15.9 Å². The zero-order chi connectivity index (χ0) is 14.4. The van der Waals surface area contributed by atoms with Gasteiger partial charge >= 0.3 is 0 Å². The minimum atomic E-state index is -0.586. The zero-order valence-electron chi connectivity index (χ0n) is 11.3. The Bertz CT molecular complexity index is 564. The smallest absolute Gasteiger partial charge is 0.245 e. The molecule has 2 heterocycles. The fourth-order valence-corrected chi connectivity index (χ4v) is 3.50. The highest BCUT2D eigenvalue weighted by Gasteiger charge is 2.30. The van der Waals surface area contributed by atoms with Crippen LogP contribution in [0.1, 0.15) is 24.9 Å². The van der Waals surface area contributed by atoms with Crippen molar-refractivity contribution in [3.8, 4) is 0 Å². The first-order chi connectivity index (χ1) is 9.47. The van der Waals surface area contributed by atoms with Crippen LogP contribution in [0.4, 0.5) is 11.4 Å². The summed E-state index contributed by atoms with van der Waals surface area (Å²) in [4.78, 5) is 13.9. The molecule has 0 aromatic heterocycles. The van der Waals surface area contributed by atoms with Gasteiger partial charge in [0.05, 0.1) is 11.8 Å². The minimum absolute atomic E-state index is 0.161. The molecule has 1 aromatic rings. The van der Waals surface area contributed by atoms with Crippen molar-refractivity contribution < 1.29 is 9.90 Å². The Balaban J connectivity index is 1.92. The molecule has 1 amide bonds. The number of nitrogens with one attached hydrogen (secondary N) is 1. The van der Waals surface area contributed by atoms with Gasteiger partial charge in [-0.25, -0.2) is 0 Å². The van der Waals surface area contributed by atoms with Gasteiger partial charge in [0.1, 0.15) is 6.04 Å². The maximum Gasteiger partial charge on any atom is 0.245 e. The van der Waals surface area contributed by atoms with E-state index in [0.29, 0.717) is 0 Å². The first kappa shape index (κ1) is 13.9. The number of hydrogen-bond donors (Lipinski definition) is 3. The number of carbonyl (C=O) groups is 1. The maximum atomic E-state index is 11.6. The summed E-state index contributed by atoms with van der Waals surface area (Å²) in [5.41, 5.74) is 8.51. The fourth-order valence-electron chi connectivity index (χ4n) is 2.89. The van der Waals surface area contributed by atoms with E-state index in [-0.39, 0.29) is 17.9 Å². The van der Waals surface area contributed by atoms with Gasteiger partial charge < -0.3 is 21.1 Å². The number of hydrogen-bond acceptors (Lipinski definition) is 4. The summed E-state index contributed by atoms with van der Waals surface area (Å²) >= 11 is 3.57. The average molecular weight is 340 g/mol.